The highest BCUT2D eigenvalue weighted by molar-refractivity contribution is 6.90. The minimum Gasteiger partial charge on any atom is -0.462 e. The number of esters is 1. The van der Waals surface area contributed by atoms with Gasteiger partial charge >= 0.3 is 5.97 Å². The topological polar surface area (TPSA) is 58.6 Å². The van der Waals surface area contributed by atoms with Gasteiger partial charge in [-0.25, -0.2) is 14.8 Å². The summed E-state index contributed by atoms with van der Waals surface area (Å²) in [5.74, 6) is 3.47. The predicted molar refractivity (Wildman–Crippen MR) is 128 cm³/mol. The van der Waals surface area contributed by atoms with Crippen molar-refractivity contribution in [3.63, 3.8) is 0 Å². The lowest BCUT2D eigenvalue weighted by Crippen LogP contribution is -2.43. The van der Waals surface area contributed by atoms with E-state index in [2.05, 4.69) is 67.9 Å². The van der Waals surface area contributed by atoms with Gasteiger partial charge in [-0.1, -0.05) is 47.5 Å². The van der Waals surface area contributed by atoms with Crippen molar-refractivity contribution < 1.29 is 9.53 Å². The zero-order chi connectivity index (χ0) is 23.1. The summed E-state index contributed by atoms with van der Waals surface area (Å²) in [5.41, 5.74) is 5.97. The van der Waals surface area contributed by atoms with Crippen LogP contribution in [0.25, 0.3) is 0 Å². The Balaban J connectivity index is 3.51. The molecule has 1 aromatic heterocycles. The summed E-state index contributed by atoms with van der Waals surface area (Å²) in [5, 5.41) is 0. The average molecular weight is 433 g/mol. The third-order valence-corrected chi connectivity index (χ3v) is 12.0. The van der Waals surface area contributed by atoms with E-state index >= 15 is 0 Å². The molecule has 0 aliphatic heterocycles. The Labute approximate surface area is 184 Å². The summed E-state index contributed by atoms with van der Waals surface area (Å²) in [4.78, 5) is 25.7. The first-order valence-electron chi connectivity index (χ1n) is 10.9. The number of carbonyl (C=O) groups excluding carboxylic acids is 1. The SMILES string of the molecule is CCOC(=O)c1cnc(N(C)CCN(C)C)nc1C#C[Si](C(C)C)(C(C)C)C(C)C. The Kier molecular flexibility index (Phi) is 9.99. The smallest absolute Gasteiger partial charge is 0.342 e. The van der Waals surface area contributed by atoms with E-state index in [4.69, 9.17) is 4.74 Å². The molecule has 0 aliphatic rings. The Morgan fingerprint density at radius 1 is 1.07 bits per heavy atom. The summed E-state index contributed by atoms with van der Waals surface area (Å²) in [6, 6.07) is 0. The number of aromatic nitrogens is 2. The molecule has 0 saturated carbocycles. The molecule has 0 N–H and O–H groups in total. The molecule has 1 rings (SSSR count). The van der Waals surface area contributed by atoms with E-state index in [1.807, 2.05) is 26.0 Å². The molecule has 7 heteroatoms. The number of anilines is 1. The lowest BCUT2D eigenvalue weighted by atomic mass is 10.2. The summed E-state index contributed by atoms with van der Waals surface area (Å²) in [6.07, 6.45) is 1.56. The van der Waals surface area contributed by atoms with E-state index in [9.17, 15) is 4.79 Å². The molecule has 6 nitrogen and oxygen atoms in total. The van der Waals surface area contributed by atoms with E-state index in [1.165, 1.54) is 0 Å². The third-order valence-electron chi connectivity index (χ3n) is 5.76. The molecule has 0 atom stereocenters. The maximum atomic E-state index is 12.5. The molecule has 1 aromatic rings. The lowest BCUT2D eigenvalue weighted by molar-refractivity contribution is 0.0525. The number of likely N-dealkylation sites (N-methyl/N-ethyl adjacent to an activating group) is 2. The first kappa shape index (κ1) is 26.1. The summed E-state index contributed by atoms with van der Waals surface area (Å²) in [7, 11) is 4.06. The van der Waals surface area contributed by atoms with Gasteiger partial charge in [0.05, 0.1) is 6.61 Å². The van der Waals surface area contributed by atoms with Crippen LogP contribution in [-0.2, 0) is 4.74 Å². The summed E-state index contributed by atoms with van der Waals surface area (Å²) in [6.45, 7) is 17.4. The van der Waals surface area contributed by atoms with Crippen molar-refractivity contribution in [1.82, 2.24) is 14.9 Å². The molecule has 0 spiro atoms. The average Bonchev–Trinajstić information content (AvgIpc) is 2.65. The highest BCUT2D eigenvalue weighted by Gasteiger charge is 2.41. The van der Waals surface area contributed by atoms with E-state index in [-0.39, 0.29) is 0 Å². The maximum absolute atomic E-state index is 12.5. The van der Waals surface area contributed by atoms with Crippen molar-refractivity contribution in [1.29, 1.82) is 0 Å². The molecule has 0 aliphatic carbocycles. The number of nitrogens with zero attached hydrogens (tertiary/aromatic N) is 4. The van der Waals surface area contributed by atoms with Crippen LogP contribution in [0.5, 0.6) is 0 Å². The molecule has 0 radical (unpaired) electrons. The highest BCUT2D eigenvalue weighted by atomic mass is 28.3. The number of carbonyl (C=O) groups is 1. The Morgan fingerprint density at radius 2 is 1.63 bits per heavy atom. The molecule has 30 heavy (non-hydrogen) atoms. The van der Waals surface area contributed by atoms with Gasteiger partial charge < -0.3 is 14.5 Å². The molecular weight excluding hydrogens is 392 g/mol. The molecule has 0 aromatic carbocycles. The van der Waals surface area contributed by atoms with Crippen molar-refractivity contribution in [3.8, 4) is 11.5 Å². The number of ether oxygens (including phenoxy) is 1. The van der Waals surface area contributed by atoms with E-state index in [0.717, 1.165) is 13.1 Å². The molecular formula is C23H40N4O2Si. The van der Waals surface area contributed by atoms with Gasteiger partial charge in [-0.2, -0.15) is 0 Å². The standard InChI is InChI=1S/C23H40N4O2Si/c1-11-29-22(28)20-16-24-23(27(10)14-13-26(8)9)25-21(20)12-15-30(17(2)3,18(4)5)19(6)7/h16-19H,11,13-14H2,1-10H3. The molecule has 0 unspecified atom stereocenters. The van der Waals surface area contributed by atoms with Crippen LogP contribution in [0.2, 0.25) is 16.6 Å². The summed E-state index contributed by atoms with van der Waals surface area (Å²) < 4.78 is 5.23. The normalized spacial score (nSPS) is 11.8. The second kappa shape index (κ2) is 11.5. The zero-order valence-electron chi connectivity index (χ0n) is 20.5. The quantitative estimate of drug-likeness (QED) is 0.331. The fraction of sp³-hybridized carbons (Fsp3) is 0.696. The summed E-state index contributed by atoms with van der Waals surface area (Å²) >= 11 is 0. The van der Waals surface area contributed by atoms with Crippen molar-refractivity contribution in [3.05, 3.63) is 17.5 Å². The molecule has 168 valence electrons. The second-order valence-electron chi connectivity index (χ2n) is 9.02. The van der Waals surface area contributed by atoms with Crippen LogP contribution in [0.1, 0.15) is 64.5 Å². The third kappa shape index (κ3) is 6.29. The minimum atomic E-state index is -1.96. The molecule has 0 amide bonds. The fourth-order valence-corrected chi connectivity index (χ4v) is 9.26. The molecule has 0 bridgehead atoms. The highest BCUT2D eigenvalue weighted by Crippen LogP contribution is 2.40. The van der Waals surface area contributed by atoms with E-state index in [1.54, 1.807) is 13.1 Å². The largest absolute Gasteiger partial charge is 0.462 e. The second-order valence-corrected chi connectivity index (χ2v) is 14.6. The Hall–Kier alpha value is -1.91. The van der Waals surface area contributed by atoms with Crippen LogP contribution in [-0.4, -0.2) is 69.8 Å². The van der Waals surface area contributed by atoms with Crippen molar-refractivity contribution in [2.45, 2.75) is 65.1 Å². The lowest BCUT2D eigenvalue weighted by Gasteiger charge is -2.38. The number of hydrogen-bond donors (Lipinski definition) is 0. The Bertz CT molecular complexity index is 744. The molecule has 1 heterocycles. The van der Waals surface area contributed by atoms with Crippen molar-refractivity contribution >= 4 is 20.0 Å². The van der Waals surface area contributed by atoms with Crippen LogP contribution < -0.4 is 4.90 Å². The van der Waals surface area contributed by atoms with Gasteiger partial charge in [-0.3, -0.25) is 0 Å². The van der Waals surface area contributed by atoms with Gasteiger partial charge in [-0.05, 0) is 37.6 Å². The maximum Gasteiger partial charge on any atom is 0.342 e. The number of rotatable bonds is 9. The van der Waals surface area contributed by atoms with Gasteiger partial charge in [0.2, 0.25) is 5.95 Å². The molecule has 0 fully saturated rings. The van der Waals surface area contributed by atoms with Gasteiger partial charge in [0.25, 0.3) is 0 Å². The minimum absolute atomic E-state index is 0.304. The molecule has 0 saturated heterocycles. The van der Waals surface area contributed by atoms with Crippen LogP contribution in [0, 0.1) is 11.5 Å². The van der Waals surface area contributed by atoms with E-state index < -0.39 is 14.0 Å². The van der Waals surface area contributed by atoms with Gasteiger partial charge in [0.1, 0.15) is 19.3 Å². The zero-order valence-corrected chi connectivity index (χ0v) is 21.5. The van der Waals surface area contributed by atoms with Crippen LogP contribution in [0.4, 0.5) is 5.95 Å². The van der Waals surface area contributed by atoms with E-state index in [0.29, 0.717) is 40.4 Å². The fourth-order valence-electron chi connectivity index (χ4n) is 4.06. The first-order valence-corrected chi connectivity index (χ1v) is 13.1. The first-order chi connectivity index (χ1) is 14.0. The van der Waals surface area contributed by atoms with Gasteiger partial charge in [0, 0.05) is 26.3 Å². The van der Waals surface area contributed by atoms with Crippen LogP contribution >= 0.6 is 0 Å². The van der Waals surface area contributed by atoms with Gasteiger partial charge in [0.15, 0.2) is 0 Å². The Morgan fingerprint density at radius 3 is 2.10 bits per heavy atom. The van der Waals surface area contributed by atoms with Crippen molar-refractivity contribution in [2.24, 2.45) is 0 Å². The monoisotopic (exact) mass is 432 g/mol. The van der Waals surface area contributed by atoms with Crippen LogP contribution in [0.15, 0.2) is 6.20 Å². The van der Waals surface area contributed by atoms with Crippen molar-refractivity contribution in [2.75, 3.05) is 45.7 Å². The number of hydrogen-bond acceptors (Lipinski definition) is 6. The van der Waals surface area contributed by atoms with Gasteiger partial charge in [-0.15, -0.1) is 5.54 Å². The predicted octanol–water partition coefficient (Wildman–Crippen LogP) is 4.22. The van der Waals surface area contributed by atoms with Crippen LogP contribution in [0.3, 0.4) is 0 Å².